The molecule has 0 aromatic heterocycles. The smallest absolute Gasteiger partial charge is 0.338 e. The van der Waals surface area contributed by atoms with Gasteiger partial charge in [-0.3, -0.25) is 0 Å². The molecule has 3 aromatic carbocycles. The fourth-order valence-corrected chi connectivity index (χ4v) is 3.98. The van der Waals surface area contributed by atoms with Crippen LogP contribution in [0.4, 0.5) is 0 Å². The van der Waals surface area contributed by atoms with Crippen LogP contribution in [-0.4, -0.2) is 30.4 Å². The van der Waals surface area contributed by atoms with Crippen LogP contribution in [0.25, 0.3) is 0 Å². The third kappa shape index (κ3) is 6.33. The van der Waals surface area contributed by atoms with Gasteiger partial charge in [0.2, 0.25) is 0 Å². The Hall–Kier alpha value is -2.34. The predicted octanol–water partition coefficient (Wildman–Crippen LogP) is 5.48. The zero-order chi connectivity index (χ0) is 21.3. The number of halogens is 2. The van der Waals surface area contributed by atoms with Crippen molar-refractivity contribution in [3.63, 3.8) is 0 Å². The second kappa shape index (κ2) is 11.2. The molecule has 0 aliphatic carbocycles. The number of aliphatic hydroxyl groups excluding tert-OH is 1. The van der Waals surface area contributed by atoms with Crippen molar-refractivity contribution in [2.24, 2.45) is 0 Å². The van der Waals surface area contributed by atoms with E-state index in [4.69, 9.17) is 21.1 Å². The lowest BCUT2D eigenvalue weighted by atomic mass is 10.1. The molecule has 3 rings (SSSR count). The largest absolute Gasteiger partial charge is 0.490 e. The number of hydrogen-bond acceptors (Lipinski definition) is 4. The molecule has 30 heavy (non-hydrogen) atoms. The second-order valence-electron chi connectivity index (χ2n) is 6.74. The van der Waals surface area contributed by atoms with Crippen LogP contribution in [0.2, 0.25) is 5.02 Å². The van der Waals surface area contributed by atoms with Crippen LogP contribution in [0.15, 0.2) is 77.3 Å². The van der Waals surface area contributed by atoms with E-state index in [1.54, 1.807) is 36.4 Å². The normalized spacial score (nSPS) is 11.7. The molecule has 0 aliphatic rings. The standard InChI is InChI=1S/C24H22BrClO4/c25-23-20(13-14-29-24(28)18-9-5-2-6-10-18)21(26)11-12-22(23)30-16-19(27)15-17-7-3-1-4-8-17/h1-12,19,27H,13-16H2. The lowest BCUT2D eigenvalue weighted by Gasteiger charge is -2.16. The molecule has 0 spiro atoms. The van der Waals surface area contributed by atoms with Crippen LogP contribution >= 0.6 is 27.5 Å². The maximum absolute atomic E-state index is 12.1. The highest BCUT2D eigenvalue weighted by atomic mass is 79.9. The Morgan fingerprint density at radius 3 is 2.37 bits per heavy atom. The van der Waals surface area contributed by atoms with E-state index < -0.39 is 6.10 Å². The first kappa shape index (κ1) is 22.3. The Morgan fingerprint density at radius 1 is 1.00 bits per heavy atom. The highest BCUT2D eigenvalue weighted by molar-refractivity contribution is 9.10. The Bertz CT molecular complexity index is 964. The average molecular weight is 490 g/mol. The SMILES string of the molecule is O=C(OCCc1c(Cl)ccc(OCC(O)Cc2ccccc2)c1Br)c1ccccc1. The minimum Gasteiger partial charge on any atom is -0.490 e. The van der Waals surface area contributed by atoms with Crippen molar-refractivity contribution >= 4 is 33.5 Å². The van der Waals surface area contributed by atoms with Crippen LogP contribution in [0, 0.1) is 0 Å². The maximum Gasteiger partial charge on any atom is 0.338 e. The molecule has 1 N–H and O–H groups in total. The van der Waals surface area contributed by atoms with Gasteiger partial charge in [-0.1, -0.05) is 60.1 Å². The maximum atomic E-state index is 12.1. The first-order chi connectivity index (χ1) is 14.5. The molecule has 0 saturated heterocycles. The first-order valence-electron chi connectivity index (χ1n) is 9.58. The van der Waals surface area contributed by atoms with Gasteiger partial charge in [-0.05, 0) is 51.3 Å². The molecule has 1 atom stereocenters. The van der Waals surface area contributed by atoms with Crippen molar-refractivity contribution in [2.45, 2.75) is 18.9 Å². The van der Waals surface area contributed by atoms with E-state index >= 15 is 0 Å². The lowest BCUT2D eigenvalue weighted by Crippen LogP contribution is -2.20. The highest BCUT2D eigenvalue weighted by Crippen LogP contribution is 2.34. The molecule has 0 saturated carbocycles. The van der Waals surface area contributed by atoms with E-state index in [0.717, 1.165) is 11.1 Å². The van der Waals surface area contributed by atoms with E-state index in [0.29, 0.717) is 33.6 Å². The number of rotatable bonds is 9. The van der Waals surface area contributed by atoms with E-state index in [2.05, 4.69) is 15.9 Å². The lowest BCUT2D eigenvalue weighted by molar-refractivity contribution is 0.0509. The van der Waals surface area contributed by atoms with Gasteiger partial charge in [-0.2, -0.15) is 0 Å². The van der Waals surface area contributed by atoms with Gasteiger partial charge in [-0.25, -0.2) is 4.79 Å². The zero-order valence-corrected chi connectivity index (χ0v) is 18.6. The molecule has 0 aliphatic heterocycles. The van der Waals surface area contributed by atoms with Crippen LogP contribution in [0.3, 0.4) is 0 Å². The van der Waals surface area contributed by atoms with Crippen molar-refractivity contribution in [1.29, 1.82) is 0 Å². The van der Waals surface area contributed by atoms with E-state index in [-0.39, 0.29) is 19.2 Å². The molecule has 4 nitrogen and oxygen atoms in total. The van der Waals surface area contributed by atoms with Gasteiger partial charge in [0, 0.05) is 17.9 Å². The van der Waals surface area contributed by atoms with E-state index in [1.807, 2.05) is 36.4 Å². The van der Waals surface area contributed by atoms with Gasteiger partial charge in [0.25, 0.3) is 0 Å². The zero-order valence-electron chi connectivity index (χ0n) is 16.3. The van der Waals surface area contributed by atoms with Crippen LogP contribution < -0.4 is 4.74 Å². The minimum atomic E-state index is -0.634. The molecule has 0 amide bonds. The summed E-state index contributed by atoms with van der Waals surface area (Å²) in [6, 6.07) is 22.1. The number of benzene rings is 3. The van der Waals surface area contributed by atoms with Crippen LogP contribution in [0.1, 0.15) is 21.5 Å². The molecule has 0 fully saturated rings. The summed E-state index contributed by atoms with van der Waals surface area (Å²) in [4.78, 5) is 12.1. The van der Waals surface area contributed by atoms with Gasteiger partial charge < -0.3 is 14.6 Å². The van der Waals surface area contributed by atoms with E-state index in [1.165, 1.54) is 0 Å². The number of carbonyl (C=O) groups is 1. The predicted molar refractivity (Wildman–Crippen MR) is 121 cm³/mol. The summed E-state index contributed by atoms with van der Waals surface area (Å²) in [6.07, 6.45) is 0.307. The molecule has 6 heteroatoms. The third-order valence-corrected chi connectivity index (χ3v) is 5.71. The molecular weight excluding hydrogens is 468 g/mol. The van der Waals surface area contributed by atoms with Gasteiger partial charge in [0.05, 0.1) is 22.7 Å². The molecule has 1 unspecified atom stereocenters. The summed E-state index contributed by atoms with van der Waals surface area (Å²) in [6.45, 7) is 0.337. The molecule has 0 heterocycles. The monoisotopic (exact) mass is 488 g/mol. The Labute approximate surface area is 189 Å². The van der Waals surface area contributed by atoms with Crippen molar-refractivity contribution in [1.82, 2.24) is 0 Å². The summed E-state index contributed by atoms with van der Waals surface area (Å²) < 4.78 is 11.8. The number of aliphatic hydroxyl groups is 1. The van der Waals surface area contributed by atoms with Crippen molar-refractivity contribution in [2.75, 3.05) is 13.2 Å². The first-order valence-corrected chi connectivity index (χ1v) is 10.8. The topological polar surface area (TPSA) is 55.8 Å². The van der Waals surface area contributed by atoms with Crippen molar-refractivity contribution in [3.8, 4) is 5.75 Å². The minimum absolute atomic E-state index is 0.150. The van der Waals surface area contributed by atoms with Crippen molar-refractivity contribution < 1.29 is 19.4 Å². The Morgan fingerprint density at radius 2 is 1.67 bits per heavy atom. The fourth-order valence-electron chi connectivity index (χ4n) is 2.95. The summed E-state index contributed by atoms with van der Waals surface area (Å²) in [5.41, 5.74) is 2.34. The number of hydrogen-bond donors (Lipinski definition) is 1. The van der Waals surface area contributed by atoms with Gasteiger partial charge in [0.1, 0.15) is 12.4 Å². The van der Waals surface area contributed by atoms with Gasteiger partial charge in [-0.15, -0.1) is 0 Å². The second-order valence-corrected chi connectivity index (χ2v) is 7.94. The highest BCUT2D eigenvalue weighted by Gasteiger charge is 2.15. The van der Waals surface area contributed by atoms with Gasteiger partial charge in [0.15, 0.2) is 0 Å². The number of ether oxygens (including phenoxy) is 2. The molecule has 0 radical (unpaired) electrons. The van der Waals surface area contributed by atoms with Crippen LogP contribution in [0.5, 0.6) is 5.75 Å². The van der Waals surface area contributed by atoms with Gasteiger partial charge >= 0.3 is 5.97 Å². The third-order valence-electron chi connectivity index (χ3n) is 4.49. The summed E-state index contributed by atoms with van der Waals surface area (Å²) in [5, 5.41) is 10.8. The molecule has 156 valence electrons. The summed E-state index contributed by atoms with van der Waals surface area (Å²) >= 11 is 9.86. The van der Waals surface area contributed by atoms with E-state index in [9.17, 15) is 9.90 Å². The fraction of sp³-hybridized carbons (Fsp3) is 0.208. The summed E-state index contributed by atoms with van der Waals surface area (Å²) in [7, 11) is 0. The van der Waals surface area contributed by atoms with Crippen molar-refractivity contribution in [3.05, 3.63) is 99.0 Å². The number of esters is 1. The Balaban J connectivity index is 1.56. The molecule has 3 aromatic rings. The molecular formula is C24H22BrClO4. The quantitative estimate of drug-likeness (QED) is 0.404. The molecule has 0 bridgehead atoms. The average Bonchev–Trinajstić information content (AvgIpc) is 2.76. The Kier molecular flexibility index (Phi) is 8.31. The number of carbonyl (C=O) groups excluding carboxylic acids is 1. The summed E-state index contributed by atoms with van der Waals surface area (Å²) in [5.74, 6) is 0.204. The van der Waals surface area contributed by atoms with Crippen LogP contribution in [-0.2, 0) is 17.6 Å².